The van der Waals surface area contributed by atoms with Gasteiger partial charge in [-0.3, -0.25) is 0 Å². The molecule has 0 aliphatic heterocycles. The van der Waals surface area contributed by atoms with Crippen molar-refractivity contribution in [1.82, 2.24) is 9.55 Å². The number of ether oxygens (including phenoxy) is 1. The van der Waals surface area contributed by atoms with Gasteiger partial charge in [0.25, 0.3) is 0 Å². The molecule has 1 heterocycles. The highest BCUT2D eigenvalue weighted by atomic mass is 16.5. The number of rotatable bonds is 2. The van der Waals surface area contributed by atoms with Crippen molar-refractivity contribution in [3.63, 3.8) is 0 Å². The zero-order chi connectivity index (χ0) is 9.54. The van der Waals surface area contributed by atoms with E-state index in [9.17, 15) is 0 Å². The van der Waals surface area contributed by atoms with Crippen molar-refractivity contribution in [3.05, 3.63) is 24.5 Å². The predicted molar refractivity (Wildman–Crippen MR) is 54.4 cm³/mol. The maximum Gasteiger partial charge on any atom is 0.122 e. The van der Waals surface area contributed by atoms with Crippen LogP contribution in [0.4, 0.5) is 0 Å². The zero-order valence-corrected chi connectivity index (χ0v) is 8.10. The Morgan fingerprint density at radius 3 is 3.07 bits per heavy atom. The van der Waals surface area contributed by atoms with Crippen LogP contribution >= 0.6 is 0 Å². The maximum absolute atomic E-state index is 5.69. The standard InChI is InChI=1S/C11H12N2O/c1-13-7-12-10-6-9(4-5-11(10)13)14-8-2-3-8/h4-8H,2-3H2,1H3. The Balaban J connectivity index is 2.01. The van der Waals surface area contributed by atoms with E-state index < -0.39 is 0 Å². The Morgan fingerprint density at radius 2 is 2.29 bits per heavy atom. The Labute approximate surface area is 82.3 Å². The Morgan fingerprint density at radius 1 is 1.43 bits per heavy atom. The molecule has 0 radical (unpaired) electrons. The number of hydrogen-bond acceptors (Lipinski definition) is 2. The smallest absolute Gasteiger partial charge is 0.122 e. The lowest BCUT2D eigenvalue weighted by Gasteiger charge is -2.03. The van der Waals surface area contributed by atoms with Gasteiger partial charge in [0.1, 0.15) is 5.75 Å². The van der Waals surface area contributed by atoms with Crippen molar-refractivity contribution in [2.75, 3.05) is 0 Å². The topological polar surface area (TPSA) is 27.1 Å². The van der Waals surface area contributed by atoms with Crippen LogP contribution in [0.3, 0.4) is 0 Å². The fourth-order valence-electron chi connectivity index (χ4n) is 1.57. The van der Waals surface area contributed by atoms with Crippen LogP contribution in [0.25, 0.3) is 11.0 Å². The van der Waals surface area contributed by atoms with E-state index in [0.717, 1.165) is 16.8 Å². The summed E-state index contributed by atoms with van der Waals surface area (Å²) in [5, 5.41) is 0. The lowest BCUT2D eigenvalue weighted by molar-refractivity contribution is 0.303. The maximum atomic E-state index is 5.69. The number of benzene rings is 1. The molecule has 2 aromatic rings. The van der Waals surface area contributed by atoms with Gasteiger partial charge in [-0.15, -0.1) is 0 Å². The van der Waals surface area contributed by atoms with E-state index in [2.05, 4.69) is 11.1 Å². The van der Waals surface area contributed by atoms with Crippen molar-refractivity contribution in [3.8, 4) is 5.75 Å². The average molecular weight is 188 g/mol. The molecule has 1 fully saturated rings. The molecular formula is C11H12N2O. The number of fused-ring (bicyclic) bond motifs is 1. The van der Waals surface area contributed by atoms with Crippen molar-refractivity contribution < 1.29 is 4.74 Å². The molecule has 0 amide bonds. The van der Waals surface area contributed by atoms with Crippen molar-refractivity contribution >= 4 is 11.0 Å². The molecule has 0 spiro atoms. The minimum absolute atomic E-state index is 0.455. The monoisotopic (exact) mass is 188 g/mol. The second-order valence-corrected chi connectivity index (χ2v) is 3.82. The zero-order valence-electron chi connectivity index (χ0n) is 8.10. The summed E-state index contributed by atoms with van der Waals surface area (Å²) >= 11 is 0. The van der Waals surface area contributed by atoms with E-state index in [4.69, 9.17) is 4.74 Å². The molecule has 0 unspecified atom stereocenters. The molecule has 14 heavy (non-hydrogen) atoms. The second-order valence-electron chi connectivity index (χ2n) is 3.82. The van der Waals surface area contributed by atoms with Gasteiger partial charge in [0.15, 0.2) is 0 Å². The third kappa shape index (κ3) is 1.25. The third-order valence-corrected chi connectivity index (χ3v) is 2.52. The summed E-state index contributed by atoms with van der Waals surface area (Å²) in [5.74, 6) is 0.943. The molecule has 0 saturated heterocycles. The van der Waals surface area contributed by atoms with Gasteiger partial charge in [0.05, 0.1) is 23.5 Å². The van der Waals surface area contributed by atoms with Crippen LogP contribution < -0.4 is 4.74 Å². The molecule has 1 saturated carbocycles. The van der Waals surface area contributed by atoms with Crippen LogP contribution in [0.2, 0.25) is 0 Å². The van der Waals surface area contributed by atoms with Crippen LogP contribution in [0, 0.1) is 0 Å². The van der Waals surface area contributed by atoms with Gasteiger partial charge in [-0.2, -0.15) is 0 Å². The first kappa shape index (κ1) is 7.85. The number of nitrogens with zero attached hydrogens (tertiary/aromatic N) is 2. The minimum atomic E-state index is 0.455. The summed E-state index contributed by atoms with van der Waals surface area (Å²) in [7, 11) is 2.00. The first-order chi connectivity index (χ1) is 6.83. The van der Waals surface area contributed by atoms with Crippen LogP contribution in [-0.4, -0.2) is 15.7 Å². The summed E-state index contributed by atoms with van der Waals surface area (Å²) in [6, 6.07) is 6.08. The van der Waals surface area contributed by atoms with Gasteiger partial charge in [-0.05, 0) is 25.0 Å². The summed E-state index contributed by atoms with van der Waals surface area (Å²) in [6.07, 6.45) is 4.67. The fourth-order valence-corrected chi connectivity index (χ4v) is 1.57. The minimum Gasteiger partial charge on any atom is -0.490 e. The van der Waals surface area contributed by atoms with E-state index in [-0.39, 0.29) is 0 Å². The van der Waals surface area contributed by atoms with Crippen LogP contribution in [0.15, 0.2) is 24.5 Å². The molecule has 1 aromatic heterocycles. The highest BCUT2D eigenvalue weighted by Gasteiger charge is 2.23. The molecule has 3 nitrogen and oxygen atoms in total. The van der Waals surface area contributed by atoms with Crippen molar-refractivity contribution in [2.24, 2.45) is 7.05 Å². The van der Waals surface area contributed by atoms with Gasteiger partial charge in [0.2, 0.25) is 0 Å². The van der Waals surface area contributed by atoms with E-state index >= 15 is 0 Å². The van der Waals surface area contributed by atoms with Gasteiger partial charge < -0.3 is 9.30 Å². The molecule has 3 heteroatoms. The van der Waals surface area contributed by atoms with Crippen molar-refractivity contribution in [2.45, 2.75) is 18.9 Å². The molecule has 1 aliphatic rings. The highest BCUT2D eigenvalue weighted by Crippen LogP contribution is 2.28. The van der Waals surface area contributed by atoms with Crippen LogP contribution in [-0.2, 0) is 7.05 Å². The molecule has 0 atom stereocenters. The normalized spacial score (nSPS) is 16.1. The lowest BCUT2D eigenvalue weighted by Crippen LogP contribution is -1.95. The lowest BCUT2D eigenvalue weighted by atomic mass is 10.3. The van der Waals surface area contributed by atoms with Crippen molar-refractivity contribution in [1.29, 1.82) is 0 Å². The summed E-state index contributed by atoms with van der Waals surface area (Å²) in [5.41, 5.74) is 2.15. The van der Waals surface area contributed by atoms with E-state index in [1.807, 2.05) is 30.1 Å². The molecule has 1 aliphatic carbocycles. The van der Waals surface area contributed by atoms with E-state index in [1.54, 1.807) is 0 Å². The van der Waals surface area contributed by atoms with Gasteiger partial charge in [-0.25, -0.2) is 4.98 Å². The average Bonchev–Trinajstić information content (AvgIpc) is 2.92. The summed E-state index contributed by atoms with van der Waals surface area (Å²) in [4.78, 5) is 4.29. The summed E-state index contributed by atoms with van der Waals surface area (Å²) in [6.45, 7) is 0. The number of hydrogen-bond donors (Lipinski definition) is 0. The summed E-state index contributed by atoms with van der Waals surface area (Å²) < 4.78 is 7.70. The van der Waals surface area contributed by atoms with Gasteiger partial charge in [0, 0.05) is 13.1 Å². The van der Waals surface area contributed by atoms with E-state index in [1.165, 1.54) is 12.8 Å². The second kappa shape index (κ2) is 2.74. The first-order valence-corrected chi connectivity index (χ1v) is 4.91. The molecule has 0 bridgehead atoms. The van der Waals surface area contributed by atoms with E-state index in [0.29, 0.717) is 6.10 Å². The van der Waals surface area contributed by atoms with Gasteiger partial charge in [-0.1, -0.05) is 0 Å². The predicted octanol–water partition coefficient (Wildman–Crippen LogP) is 2.11. The fraction of sp³-hybridized carbons (Fsp3) is 0.364. The molecule has 0 N–H and O–H groups in total. The number of aromatic nitrogens is 2. The Bertz CT molecular complexity index is 471. The quantitative estimate of drug-likeness (QED) is 0.721. The number of aryl methyl sites for hydroxylation is 1. The van der Waals surface area contributed by atoms with Gasteiger partial charge >= 0.3 is 0 Å². The third-order valence-electron chi connectivity index (χ3n) is 2.52. The molecule has 3 rings (SSSR count). The van der Waals surface area contributed by atoms with Crippen LogP contribution in [0.5, 0.6) is 5.75 Å². The Hall–Kier alpha value is -1.51. The Kier molecular flexibility index (Phi) is 1.54. The highest BCUT2D eigenvalue weighted by molar-refractivity contribution is 5.76. The van der Waals surface area contributed by atoms with Crippen LogP contribution in [0.1, 0.15) is 12.8 Å². The largest absolute Gasteiger partial charge is 0.490 e. The molecule has 72 valence electrons. The molecular weight excluding hydrogens is 176 g/mol. The first-order valence-electron chi connectivity index (χ1n) is 4.91. The molecule has 1 aromatic carbocycles. The number of imidazole rings is 1. The SMILES string of the molecule is Cn1cnc2cc(OC3CC3)ccc21.